The van der Waals surface area contributed by atoms with Gasteiger partial charge in [-0.2, -0.15) is 0 Å². The van der Waals surface area contributed by atoms with Gasteiger partial charge < -0.3 is 9.88 Å². The molecule has 45 heavy (non-hydrogen) atoms. The zero-order valence-corrected chi connectivity index (χ0v) is 27.6. The highest BCUT2D eigenvalue weighted by molar-refractivity contribution is 6.42. The quantitative estimate of drug-likeness (QED) is 0.162. The number of halogens is 4. The van der Waals surface area contributed by atoms with Crippen molar-refractivity contribution in [1.82, 2.24) is 14.8 Å². The van der Waals surface area contributed by atoms with Crippen LogP contribution in [0, 0.1) is 11.7 Å². The molecule has 9 heteroatoms. The molecule has 0 saturated carbocycles. The number of piperidine rings is 1. The van der Waals surface area contributed by atoms with Gasteiger partial charge in [-0.3, -0.25) is 14.5 Å². The maximum absolute atomic E-state index is 13.6. The molecule has 1 aromatic heterocycles. The van der Waals surface area contributed by atoms with Crippen LogP contribution in [-0.2, 0) is 19.5 Å². The first-order valence-electron chi connectivity index (χ1n) is 15.8. The fourth-order valence-corrected chi connectivity index (χ4v) is 7.90. The molecule has 0 spiro atoms. The Morgan fingerprint density at radius 1 is 0.933 bits per heavy atom. The van der Waals surface area contributed by atoms with Crippen LogP contribution in [0.4, 0.5) is 4.39 Å². The molecular formula is C36H37Cl3FN3O2. The van der Waals surface area contributed by atoms with Crippen molar-refractivity contribution in [3.63, 3.8) is 0 Å². The maximum atomic E-state index is 13.6. The predicted octanol–water partition coefficient (Wildman–Crippen LogP) is 9.14. The molecule has 6 rings (SSSR count). The third-order valence-corrected chi connectivity index (χ3v) is 10.6. The van der Waals surface area contributed by atoms with E-state index in [0.29, 0.717) is 52.1 Å². The van der Waals surface area contributed by atoms with Crippen molar-refractivity contribution < 1.29 is 14.0 Å². The van der Waals surface area contributed by atoms with E-state index in [0.717, 1.165) is 68.1 Å². The number of fused-ring (bicyclic) bond motifs is 3. The summed E-state index contributed by atoms with van der Waals surface area (Å²) in [5.41, 5.74) is 4.40. The fourth-order valence-electron chi connectivity index (χ4n) is 7.40. The van der Waals surface area contributed by atoms with E-state index in [9.17, 15) is 14.0 Å². The summed E-state index contributed by atoms with van der Waals surface area (Å²) < 4.78 is 15.8. The number of amides is 1. The molecule has 3 heterocycles. The minimum Gasteiger partial charge on any atom is -0.348 e. The normalized spacial score (nSPS) is 19.7. The van der Waals surface area contributed by atoms with Crippen LogP contribution in [0.1, 0.15) is 77.3 Å². The number of hydrogen-bond donors (Lipinski definition) is 1. The second-order valence-electron chi connectivity index (χ2n) is 12.4. The molecule has 4 aromatic rings. The molecule has 3 atom stereocenters. The summed E-state index contributed by atoms with van der Waals surface area (Å²) in [6.07, 6.45) is 8.67. The Kier molecular flexibility index (Phi) is 9.86. The molecule has 1 amide bonds. The van der Waals surface area contributed by atoms with Crippen molar-refractivity contribution >= 4 is 57.4 Å². The largest absolute Gasteiger partial charge is 0.348 e. The monoisotopic (exact) mass is 667 g/mol. The van der Waals surface area contributed by atoms with Crippen molar-refractivity contribution in [3.05, 3.63) is 104 Å². The maximum Gasteiger partial charge on any atom is 0.253 e. The number of aromatic nitrogens is 1. The van der Waals surface area contributed by atoms with Crippen LogP contribution in [0.15, 0.2) is 60.8 Å². The number of para-hydroxylation sites is 1. The van der Waals surface area contributed by atoms with Gasteiger partial charge in [0, 0.05) is 55.3 Å². The molecule has 0 unspecified atom stereocenters. The van der Waals surface area contributed by atoms with Crippen LogP contribution in [0.5, 0.6) is 0 Å². The Labute approximate surface area is 278 Å². The second-order valence-corrected chi connectivity index (χ2v) is 13.6. The van der Waals surface area contributed by atoms with Gasteiger partial charge in [-0.15, -0.1) is 0 Å². The van der Waals surface area contributed by atoms with E-state index in [1.807, 2.05) is 24.4 Å². The molecule has 2 saturated heterocycles. The highest BCUT2D eigenvalue weighted by Crippen LogP contribution is 2.40. The van der Waals surface area contributed by atoms with E-state index in [2.05, 4.69) is 27.8 Å². The average molecular weight is 669 g/mol. The minimum absolute atomic E-state index is 0.00619. The summed E-state index contributed by atoms with van der Waals surface area (Å²) in [5, 5.41) is 4.97. The van der Waals surface area contributed by atoms with Gasteiger partial charge in [-0.05, 0) is 85.9 Å². The first kappa shape index (κ1) is 32.1. The van der Waals surface area contributed by atoms with Gasteiger partial charge in [0.1, 0.15) is 5.82 Å². The standard InChI is InChI=1S/C36H37Cl3FN3O2/c1-2-24-5-3-6-28-29(36(45)41-20-22-7-11-30(37)31(38)17-22)21-42(35(24)28)13-4-14-43-26-9-10-27(43)16-23(15-26)18-34(44)25-8-12-33(40)32(39)19-25/h3,5-8,11-12,17,19,21,23,26-27H,2,4,9-10,13-16,18,20H2,1H3,(H,41,45)/t23-,26+,27-. The van der Waals surface area contributed by atoms with Gasteiger partial charge in [-0.25, -0.2) is 4.39 Å². The molecule has 2 aliphatic rings. The molecule has 5 nitrogen and oxygen atoms in total. The third kappa shape index (κ3) is 6.95. The number of benzene rings is 3. The van der Waals surface area contributed by atoms with Crippen LogP contribution in [0.25, 0.3) is 10.9 Å². The first-order chi connectivity index (χ1) is 21.7. The van der Waals surface area contributed by atoms with Crippen molar-refractivity contribution in [2.45, 2.75) is 77.0 Å². The lowest BCUT2D eigenvalue weighted by Crippen LogP contribution is -2.43. The zero-order valence-electron chi connectivity index (χ0n) is 25.3. The number of nitrogens with zero attached hydrogens (tertiary/aromatic N) is 2. The number of rotatable bonds is 11. The van der Waals surface area contributed by atoms with Crippen molar-refractivity contribution in [3.8, 4) is 0 Å². The lowest BCUT2D eigenvalue weighted by atomic mass is 9.85. The van der Waals surface area contributed by atoms with E-state index in [-0.39, 0.29) is 16.7 Å². The molecule has 3 aromatic carbocycles. The van der Waals surface area contributed by atoms with Crippen LogP contribution in [0.2, 0.25) is 15.1 Å². The molecule has 2 bridgehead atoms. The van der Waals surface area contributed by atoms with E-state index < -0.39 is 5.82 Å². The molecule has 1 N–H and O–H groups in total. The SMILES string of the molecule is CCc1cccc2c(C(=O)NCc3ccc(Cl)c(Cl)c3)cn(CCCN3[C@@H]4CC[C@H]3C[C@@H](CC(=O)c3ccc(F)c(Cl)c3)C4)c12. The van der Waals surface area contributed by atoms with Crippen molar-refractivity contribution in [1.29, 1.82) is 0 Å². The number of carbonyl (C=O) groups is 2. The lowest BCUT2D eigenvalue weighted by Gasteiger charge is -2.39. The van der Waals surface area contributed by atoms with Gasteiger partial charge in [0.05, 0.1) is 26.1 Å². The van der Waals surface area contributed by atoms with E-state index in [1.54, 1.807) is 12.1 Å². The topological polar surface area (TPSA) is 54.3 Å². The highest BCUT2D eigenvalue weighted by atomic mass is 35.5. The summed E-state index contributed by atoms with van der Waals surface area (Å²) in [4.78, 5) is 29.0. The van der Waals surface area contributed by atoms with Gasteiger partial charge in [0.25, 0.3) is 5.91 Å². The van der Waals surface area contributed by atoms with Gasteiger partial charge in [0.2, 0.25) is 0 Å². The number of ketones is 1. The smallest absolute Gasteiger partial charge is 0.253 e. The Morgan fingerprint density at radius 2 is 1.71 bits per heavy atom. The molecule has 2 fully saturated rings. The summed E-state index contributed by atoms with van der Waals surface area (Å²) in [7, 11) is 0. The van der Waals surface area contributed by atoms with Crippen molar-refractivity contribution in [2.24, 2.45) is 5.92 Å². The predicted molar refractivity (Wildman–Crippen MR) is 180 cm³/mol. The Hall–Kier alpha value is -2.90. The van der Waals surface area contributed by atoms with Crippen LogP contribution < -0.4 is 5.32 Å². The summed E-state index contributed by atoms with van der Waals surface area (Å²) in [6, 6.07) is 16.8. The molecule has 2 aliphatic heterocycles. The molecular weight excluding hydrogens is 632 g/mol. The average Bonchev–Trinajstić information content (AvgIpc) is 3.52. The number of hydrogen-bond acceptors (Lipinski definition) is 3. The minimum atomic E-state index is -0.502. The van der Waals surface area contributed by atoms with Crippen LogP contribution in [-0.4, -0.2) is 39.8 Å². The molecule has 236 valence electrons. The summed E-state index contributed by atoms with van der Waals surface area (Å²) >= 11 is 18.1. The number of nitrogens with one attached hydrogen (secondary N) is 1. The molecule has 0 radical (unpaired) electrons. The second kappa shape index (κ2) is 13.8. The molecule has 0 aliphatic carbocycles. The summed E-state index contributed by atoms with van der Waals surface area (Å²) in [5.74, 6) is -0.244. The number of aryl methyl sites for hydroxylation is 2. The Balaban J connectivity index is 1.09. The lowest BCUT2D eigenvalue weighted by molar-refractivity contribution is 0.0807. The van der Waals surface area contributed by atoms with Gasteiger partial charge >= 0.3 is 0 Å². The number of carbonyl (C=O) groups excluding carboxylic acids is 2. The van der Waals surface area contributed by atoms with Crippen LogP contribution >= 0.6 is 34.8 Å². The Morgan fingerprint density at radius 3 is 2.42 bits per heavy atom. The van der Waals surface area contributed by atoms with Crippen LogP contribution in [0.3, 0.4) is 0 Å². The summed E-state index contributed by atoms with van der Waals surface area (Å²) in [6.45, 7) is 4.30. The highest BCUT2D eigenvalue weighted by Gasteiger charge is 2.40. The van der Waals surface area contributed by atoms with Gasteiger partial charge in [0.15, 0.2) is 5.78 Å². The van der Waals surface area contributed by atoms with E-state index >= 15 is 0 Å². The van der Waals surface area contributed by atoms with Crippen molar-refractivity contribution in [2.75, 3.05) is 6.54 Å². The number of Topliss-reactive ketones (excluding diaryl/α,β-unsaturated/α-hetero) is 1. The zero-order chi connectivity index (χ0) is 31.7. The van der Waals surface area contributed by atoms with Gasteiger partial charge in [-0.1, -0.05) is 66.0 Å². The van der Waals surface area contributed by atoms with E-state index in [4.69, 9.17) is 34.8 Å². The third-order valence-electron chi connectivity index (χ3n) is 9.56. The van der Waals surface area contributed by atoms with E-state index in [1.165, 1.54) is 23.8 Å². The fraction of sp³-hybridized carbons (Fsp3) is 0.389. The first-order valence-corrected chi connectivity index (χ1v) is 16.9. The Bertz CT molecular complexity index is 1720.